The molecule has 2 heterocycles. The number of hydrogen-bond donors (Lipinski definition) is 0. The van der Waals surface area contributed by atoms with E-state index in [0.717, 1.165) is 43.7 Å². The number of benzene rings is 1. The van der Waals surface area contributed by atoms with E-state index >= 15 is 0 Å². The van der Waals surface area contributed by atoms with Crippen molar-refractivity contribution in [2.45, 2.75) is 44.1 Å². The van der Waals surface area contributed by atoms with Gasteiger partial charge in [0.25, 0.3) is 0 Å². The lowest BCUT2D eigenvalue weighted by Gasteiger charge is -2.51. The van der Waals surface area contributed by atoms with Gasteiger partial charge in [0.1, 0.15) is 11.6 Å². The van der Waals surface area contributed by atoms with Crippen LogP contribution in [0.4, 0.5) is 8.78 Å². The summed E-state index contributed by atoms with van der Waals surface area (Å²) in [7, 11) is 4.39. The van der Waals surface area contributed by atoms with Crippen LogP contribution in [-0.2, 0) is 5.41 Å². The molecule has 29 heavy (non-hydrogen) atoms. The van der Waals surface area contributed by atoms with E-state index in [1.54, 1.807) is 0 Å². The predicted octanol–water partition coefficient (Wildman–Crippen LogP) is 3.82. The van der Waals surface area contributed by atoms with E-state index < -0.39 is 11.6 Å². The number of halogens is 2. The van der Waals surface area contributed by atoms with Crippen LogP contribution in [0, 0.1) is 17.0 Å². The monoisotopic (exact) mass is 398 g/mol. The topological polar surface area (TPSA) is 32.3 Å². The van der Waals surface area contributed by atoms with Gasteiger partial charge in [0, 0.05) is 31.1 Å². The zero-order valence-corrected chi connectivity index (χ0v) is 17.5. The van der Waals surface area contributed by atoms with Gasteiger partial charge < -0.3 is 4.90 Å². The van der Waals surface area contributed by atoms with Gasteiger partial charge in [0.05, 0.1) is 17.0 Å². The van der Waals surface area contributed by atoms with Crippen LogP contribution in [0.2, 0.25) is 0 Å². The lowest BCUT2D eigenvalue weighted by atomic mass is 9.63. The van der Waals surface area contributed by atoms with E-state index in [4.69, 9.17) is 0 Å². The maximum absolute atomic E-state index is 14.4. The maximum Gasteiger partial charge on any atom is 0.135 e. The van der Waals surface area contributed by atoms with Crippen molar-refractivity contribution in [2.75, 3.05) is 33.7 Å². The van der Waals surface area contributed by atoms with Crippen LogP contribution in [0.3, 0.4) is 0 Å². The van der Waals surface area contributed by atoms with Crippen LogP contribution in [0.1, 0.15) is 43.9 Å². The summed E-state index contributed by atoms with van der Waals surface area (Å²) in [5.41, 5.74) is 2.34. The summed E-state index contributed by atoms with van der Waals surface area (Å²) in [5, 5.41) is 9.02. The van der Waals surface area contributed by atoms with Crippen molar-refractivity contribution < 1.29 is 8.78 Å². The smallest absolute Gasteiger partial charge is 0.135 e. The molecule has 0 N–H and O–H groups in total. The Morgan fingerprint density at radius 1 is 1.07 bits per heavy atom. The van der Waals surface area contributed by atoms with Crippen molar-refractivity contribution in [1.82, 2.24) is 20.0 Å². The molecule has 6 heteroatoms. The quantitative estimate of drug-likeness (QED) is 0.770. The molecule has 1 saturated carbocycles. The first-order chi connectivity index (χ1) is 13.8. The summed E-state index contributed by atoms with van der Waals surface area (Å²) >= 11 is 0. The van der Waals surface area contributed by atoms with Gasteiger partial charge in [0.2, 0.25) is 0 Å². The molecule has 3 unspecified atom stereocenters. The summed E-state index contributed by atoms with van der Waals surface area (Å²) in [4.78, 5) is 4.88. The number of rotatable bonds is 2. The second-order valence-corrected chi connectivity index (χ2v) is 9.67. The number of likely N-dealkylation sites (N-methyl/N-ethyl adjacent to an activating group) is 2. The molecule has 2 aromatic rings. The van der Waals surface area contributed by atoms with Gasteiger partial charge in [-0.15, -0.1) is 0 Å². The number of nitrogens with zero attached hydrogens (tertiary/aromatic N) is 4. The highest BCUT2D eigenvalue weighted by Crippen LogP contribution is 2.69. The summed E-state index contributed by atoms with van der Waals surface area (Å²) < 4.78 is 28.7. The molecule has 3 atom stereocenters. The SMILES string of the molecule is CN1CCN(C)C(C23CCC(c4cc(-c5c(F)cccc5F)nnc42)C3(C)C)C1. The van der Waals surface area contributed by atoms with Crippen molar-refractivity contribution >= 4 is 0 Å². The molecular weight excluding hydrogens is 370 g/mol. The highest BCUT2D eigenvalue weighted by Gasteiger charge is 2.67. The fraction of sp³-hybridized carbons (Fsp3) is 0.565. The molecule has 154 valence electrons. The molecule has 1 aromatic carbocycles. The minimum absolute atomic E-state index is 0.0213. The molecule has 5 rings (SSSR count). The van der Waals surface area contributed by atoms with Crippen molar-refractivity contribution in [1.29, 1.82) is 0 Å². The van der Waals surface area contributed by atoms with E-state index in [0.29, 0.717) is 17.7 Å². The molecule has 4 nitrogen and oxygen atoms in total. The fourth-order valence-electron chi connectivity index (χ4n) is 6.51. The molecule has 0 spiro atoms. The standard InChI is InChI=1S/C23H28F2N4/c1-22(2)15-8-9-23(22,19-13-28(3)10-11-29(19)4)21-14(15)12-18(26-27-21)20-16(24)6-5-7-17(20)25/h5-7,12,15,19H,8-11,13H2,1-4H3. The second-order valence-electron chi connectivity index (χ2n) is 9.67. The van der Waals surface area contributed by atoms with Gasteiger partial charge in [-0.05, 0) is 62.0 Å². The van der Waals surface area contributed by atoms with E-state index in [2.05, 4.69) is 47.9 Å². The summed E-state index contributed by atoms with van der Waals surface area (Å²) in [5.74, 6) is -0.850. The van der Waals surface area contributed by atoms with E-state index in [1.807, 2.05) is 6.07 Å². The molecule has 2 bridgehead atoms. The van der Waals surface area contributed by atoms with Crippen LogP contribution >= 0.6 is 0 Å². The zero-order valence-electron chi connectivity index (χ0n) is 17.5. The Balaban J connectivity index is 1.67. The highest BCUT2D eigenvalue weighted by molar-refractivity contribution is 5.63. The van der Waals surface area contributed by atoms with Crippen LogP contribution < -0.4 is 0 Å². The fourth-order valence-corrected chi connectivity index (χ4v) is 6.51. The molecule has 1 aliphatic heterocycles. The number of fused-ring (bicyclic) bond motifs is 5. The molecule has 3 aliphatic rings. The number of hydrogen-bond acceptors (Lipinski definition) is 4. The van der Waals surface area contributed by atoms with Crippen molar-refractivity contribution in [3.63, 3.8) is 0 Å². The van der Waals surface area contributed by atoms with Gasteiger partial charge in [0.15, 0.2) is 0 Å². The molecule has 0 radical (unpaired) electrons. The highest BCUT2D eigenvalue weighted by atomic mass is 19.1. The largest absolute Gasteiger partial charge is 0.304 e. The van der Waals surface area contributed by atoms with Gasteiger partial charge in [-0.25, -0.2) is 8.78 Å². The average molecular weight is 399 g/mol. The van der Waals surface area contributed by atoms with Crippen LogP contribution in [0.5, 0.6) is 0 Å². The van der Waals surface area contributed by atoms with Crippen molar-refractivity contribution in [2.24, 2.45) is 5.41 Å². The Labute approximate surface area is 170 Å². The Bertz CT molecular complexity index is 955. The third kappa shape index (κ3) is 2.42. The minimum Gasteiger partial charge on any atom is -0.304 e. The third-order valence-electron chi connectivity index (χ3n) is 8.11. The Hall–Kier alpha value is -1.92. The Morgan fingerprint density at radius 3 is 2.52 bits per heavy atom. The molecule has 1 saturated heterocycles. The molecule has 0 amide bonds. The summed E-state index contributed by atoms with van der Waals surface area (Å²) in [6.45, 7) is 7.79. The van der Waals surface area contributed by atoms with E-state index in [-0.39, 0.29) is 16.4 Å². The predicted molar refractivity (Wildman–Crippen MR) is 109 cm³/mol. The normalized spacial score (nSPS) is 31.2. The van der Waals surface area contributed by atoms with E-state index in [1.165, 1.54) is 18.2 Å². The second kappa shape index (κ2) is 6.29. The van der Waals surface area contributed by atoms with E-state index in [9.17, 15) is 8.78 Å². The molecule has 2 fully saturated rings. The van der Waals surface area contributed by atoms with Crippen molar-refractivity contribution in [3.8, 4) is 11.3 Å². The molecule has 1 aromatic heterocycles. The first-order valence-electron chi connectivity index (χ1n) is 10.5. The molecular formula is C23H28F2N4. The first kappa shape index (κ1) is 19.1. The maximum atomic E-state index is 14.4. The lowest BCUT2D eigenvalue weighted by molar-refractivity contribution is 0.0162. The Kier molecular flexibility index (Phi) is 4.13. The average Bonchev–Trinajstić information content (AvgIpc) is 3.05. The van der Waals surface area contributed by atoms with Gasteiger partial charge in [-0.3, -0.25) is 4.90 Å². The minimum atomic E-state index is -0.593. The molecule has 2 aliphatic carbocycles. The zero-order chi connectivity index (χ0) is 20.6. The van der Waals surface area contributed by atoms with Gasteiger partial charge in [-0.1, -0.05) is 19.9 Å². The summed E-state index contributed by atoms with van der Waals surface area (Å²) in [6, 6.07) is 6.19. The van der Waals surface area contributed by atoms with Crippen molar-refractivity contribution in [3.05, 3.63) is 47.2 Å². The van der Waals surface area contributed by atoms with Crippen LogP contribution in [0.25, 0.3) is 11.3 Å². The first-order valence-corrected chi connectivity index (χ1v) is 10.5. The lowest BCUT2D eigenvalue weighted by Crippen LogP contribution is -2.62. The Morgan fingerprint density at radius 2 is 1.79 bits per heavy atom. The third-order valence-corrected chi connectivity index (χ3v) is 8.11. The van der Waals surface area contributed by atoms with Gasteiger partial charge >= 0.3 is 0 Å². The van der Waals surface area contributed by atoms with Crippen LogP contribution in [-0.4, -0.2) is 59.8 Å². The number of aromatic nitrogens is 2. The van der Waals surface area contributed by atoms with Crippen LogP contribution in [0.15, 0.2) is 24.3 Å². The number of piperazine rings is 1. The summed E-state index contributed by atoms with van der Waals surface area (Å²) in [6.07, 6.45) is 2.17. The van der Waals surface area contributed by atoms with Gasteiger partial charge in [-0.2, -0.15) is 10.2 Å².